The van der Waals surface area contributed by atoms with Gasteiger partial charge in [-0.25, -0.2) is 0 Å². The second-order valence-electron chi connectivity index (χ2n) is 7.21. The van der Waals surface area contributed by atoms with Crippen LogP contribution in [0.2, 0.25) is 0 Å². The highest BCUT2D eigenvalue weighted by atomic mass is 15.2. The number of piperidine rings is 1. The van der Waals surface area contributed by atoms with Gasteiger partial charge < -0.3 is 4.90 Å². The molecule has 1 heteroatoms. The second kappa shape index (κ2) is 5.55. The molecular weight excluding hydrogens is 266 g/mol. The molecule has 1 saturated heterocycles. The van der Waals surface area contributed by atoms with Gasteiger partial charge >= 0.3 is 0 Å². The molecule has 4 rings (SSSR count). The third-order valence-electron chi connectivity index (χ3n) is 6.01. The van der Waals surface area contributed by atoms with Crippen molar-refractivity contribution in [2.75, 3.05) is 19.6 Å². The summed E-state index contributed by atoms with van der Waals surface area (Å²) in [4.78, 5) is 2.68. The topological polar surface area (TPSA) is 3.24 Å². The van der Waals surface area contributed by atoms with E-state index in [1.807, 2.05) is 0 Å². The highest BCUT2D eigenvalue weighted by Gasteiger charge is 2.65. The normalized spacial score (nSPS) is 30.2. The first-order valence-corrected chi connectivity index (χ1v) is 8.60. The minimum Gasteiger partial charge on any atom is -0.303 e. The van der Waals surface area contributed by atoms with Crippen molar-refractivity contribution < 1.29 is 0 Å². The Morgan fingerprint density at radius 2 is 1.50 bits per heavy atom. The van der Waals surface area contributed by atoms with Crippen molar-refractivity contribution in [2.45, 2.75) is 25.2 Å². The summed E-state index contributed by atoms with van der Waals surface area (Å²) in [5, 5.41) is 0. The maximum absolute atomic E-state index is 2.68. The quantitative estimate of drug-likeness (QED) is 0.800. The standard InChI is InChI=1S/C21H25N/c1-21(18-12-6-3-7-13-18)19-15-22(16-20(19)21)14-8-11-17-9-4-2-5-10-17/h2-7,9-10,12-13,19-20H,8,11,14-16H2,1H3. The Morgan fingerprint density at radius 1 is 0.909 bits per heavy atom. The molecule has 0 amide bonds. The van der Waals surface area contributed by atoms with Crippen LogP contribution in [-0.4, -0.2) is 24.5 Å². The van der Waals surface area contributed by atoms with Crippen molar-refractivity contribution in [2.24, 2.45) is 11.8 Å². The van der Waals surface area contributed by atoms with E-state index in [0.29, 0.717) is 5.41 Å². The number of aryl methyl sites for hydroxylation is 1. The van der Waals surface area contributed by atoms with Gasteiger partial charge in [-0.15, -0.1) is 0 Å². The first kappa shape index (κ1) is 14.0. The predicted molar refractivity (Wildman–Crippen MR) is 92.0 cm³/mol. The van der Waals surface area contributed by atoms with Crippen LogP contribution < -0.4 is 0 Å². The summed E-state index contributed by atoms with van der Waals surface area (Å²) in [5.74, 6) is 1.76. The predicted octanol–water partition coefficient (Wildman–Crippen LogP) is 4.14. The van der Waals surface area contributed by atoms with Crippen molar-refractivity contribution in [3.05, 3.63) is 71.8 Å². The Labute approximate surface area is 134 Å². The smallest absolute Gasteiger partial charge is 0.00218 e. The van der Waals surface area contributed by atoms with Crippen LogP contribution in [0.15, 0.2) is 60.7 Å². The van der Waals surface area contributed by atoms with E-state index < -0.39 is 0 Å². The van der Waals surface area contributed by atoms with Gasteiger partial charge in [0.1, 0.15) is 0 Å². The van der Waals surface area contributed by atoms with E-state index in [9.17, 15) is 0 Å². The Balaban J connectivity index is 1.28. The molecule has 2 atom stereocenters. The third kappa shape index (κ3) is 2.38. The molecule has 2 aliphatic rings. The third-order valence-corrected chi connectivity index (χ3v) is 6.01. The van der Waals surface area contributed by atoms with Crippen molar-refractivity contribution in [1.82, 2.24) is 4.90 Å². The van der Waals surface area contributed by atoms with Gasteiger partial charge in [-0.05, 0) is 42.3 Å². The van der Waals surface area contributed by atoms with Crippen LogP contribution in [0.5, 0.6) is 0 Å². The summed E-state index contributed by atoms with van der Waals surface area (Å²) in [5.41, 5.74) is 3.48. The van der Waals surface area contributed by atoms with Crippen LogP contribution in [-0.2, 0) is 11.8 Å². The number of benzene rings is 2. The summed E-state index contributed by atoms with van der Waals surface area (Å²) in [6.07, 6.45) is 2.49. The average Bonchev–Trinajstić information content (AvgIpc) is 2.94. The zero-order valence-electron chi connectivity index (χ0n) is 13.4. The molecule has 0 radical (unpaired) electrons. The molecule has 2 unspecified atom stereocenters. The lowest BCUT2D eigenvalue weighted by Gasteiger charge is -2.24. The molecule has 22 heavy (non-hydrogen) atoms. The van der Waals surface area contributed by atoms with Crippen LogP contribution >= 0.6 is 0 Å². The fourth-order valence-electron chi connectivity index (χ4n) is 4.52. The molecular formula is C21H25N. The molecule has 114 valence electrons. The van der Waals surface area contributed by atoms with E-state index in [2.05, 4.69) is 72.5 Å². The van der Waals surface area contributed by atoms with Crippen molar-refractivity contribution in [3.63, 3.8) is 0 Å². The first-order chi connectivity index (χ1) is 10.8. The van der Waals surface area contributed by atoms with Crippen molar-refractivity contribution in [1.29, 1.82) is 0 Å². The van der Waals surface area contributed by atoms with Crippen molar-refractivity contribution in [3.8, 4) is 0 Å². The molecule has 0 spiro atoms. The van der Waals surface area contributed by atoms with E-state index in [0.717, 1.165) is 11.8 Å². The SMILES string of the molecule is CC1(c2ccccc2)C2CN(CCCc3ccccc3)CC21. The Hall–Kier alpha value is -1.60. The lowest BCUT2D eigenvalue weighted by molar-refractivity contribution is 0.274. The Bertz CT molecular complexity index is 607. The average molecular weight is 291 g/mol. The maximum Gasteiger partial charge on any atom is 0.00218 e. The molecule has 0 aromatic heterocycles. The molecule has 0 N–H and O–H groups in total. The molecule has 2 aromatic rings. The molecule has 1 aliphatic heterocycles. The van der Waals surface area contributed by atoms with Crippen LogP contribution in [0.25, 0.3) is 0 Å². The lowest BCUT2D eigenvalue weighted by Crippen LogP contribution is -2.30. The minimum atomic E-state index is 0.456. The number of fused-ring (bicyclic) bond motifs is 1. The maximum atomic E-state index is 2.68. The molecule has 0 bridgehead atoms. The van der Waals surface area contributed by atoms with Gasteiger partial charge in [0.15, 0.2) is 0 Å². The van der Waals surface area contributed by atoms with Crippen LogP contribution in [0.3, 0.4) is 0 Å². The van der Waals surface area contributed by atoms with Gasteiger partial charge in [-0.2, -0.15) is 0 Å². The van der Waals surface area contributed by atoms with Crippen molar-refractivity contribution >= 4 is 0 Å². The highest BCUT2D eigenvalue weighted by Crippen LogP contribution is 2.63. The van der Waals surface area contributed by atoms with E-state index in [-0.39, 0.29) is 0 Å². The number of hydrogen-bond acceptors (Lipinski definition) is 1. The summed E-state index contributed by atoms with van der Waals surface area (Å²) in [6.45, 7) is 6.32. The molecule has 2 aromatic carbocycles. The van der Waals surface area contributed by atoms with Gasteiger partial charge in [0.25, 0.3) is 0 Å². The number of rotatable bonds is 5. The zero-order valence-corrected chi connectivity index (χ0v) is 13.4. The summed E-state index contributed by atoms with van der Waals surface area (Å²) < 4.78 is 0. The Kier molecular flexibility index (Phi) is 3.54. The minimum absolute atomic E-state index is 0.456. The van der Waals surface area contributed by atoms with E-state index in [4.69, 9.17) is 0 Å². The summed E-state index contributed by atoms with van der Waals surface area (Å²) in [7, 11) is 0. The first-order valence-electron chi connectivity index (χ1n) is 8.60. The molecule has 1 heterocycles. The highest BCUT2D eigenvalue weighted by molar-refractivity contribution is 5.37. The van der Waals surface area contributed by atoms with Crippen LogP contribution in [0, 0.1) is 11.8 Å². The fraction of sp³-hybridized carbons (Fsp3) is 0.429. The summed E-state index contributed by atoms with van der Waals surface area (Å²) >= 11 is 0. The van der Waals surface area contributed by atoms with E-state index in [1.54, 1.807) is 5.56 Å². The molecule has 2 fully saturated rings. The molecule has 1 aliphatic carbocycles. The van der Waals surface area contributed by atoms with E-state index in [1.165, 1.54) is 38.0 Å². The van der Waals surface area contributed by atoms with Crippen LogP contribution in [0.1, 0.15) is 24.5 Å². The van der Waals surface area contributed by atoms with Gasteiger partial charge in [-0.3, -0.25) is 0 Å². The van der Waals surface area contributed by atoms with Crippen LogP contribution in [0.4, 0.5) is 0 Å². The van der Waals surface area contributed by atoms with Gasteiger partial charge in [0.2, 0.25) is 0 Å². The number of hydrogen-bond donors (Lipinski definition) is 0. The Morgan fingerprint density at radius 3 is 2.14 bits per heavy atom. The second-order valence-corrected chi connectivity index (χ2v) is 7.21. The number of nitrogens with zero attached hydrogens (tertiary/aromatic N) is 1. The fourth-order valence-corrected chi connectivity index (χ4v) is 4.52. The van der Waals surface area contributed by atoms with E-state index >= 15 is 0 Å². The largest absolute Gasteiger partial charge is 0.303 e. The zero-order chi connectivity index (χ0) is 15.0. The number of likely N-dealkylation sites (tertiary alicyclic amines) is 1. The monoisotopic (exact) mass is 291 g/mol. The van der Waals surface area contributed by atoms with Gasteiger partial charge in [-0.1, -0.05) is 67.6 Å². The summed E-state index contributed by atoms with van der Waals surface area (Å²) in [6, 6.07) is 22.0. The molecule has 1 saturated carbocycles. The lowest BCUT2D eigenvalue weighted by atomic mass is 9.92. The van der Waals surface area contributed by atoms with Gasteiger partial charge in [0, 0.05) is 18.5 Å². The van der Waals surface area contributed by atoms with Gasteiger partial charge in [0.05, 0.1) is 0 Å². The molecule has 1 nitrogen and oxygen atoms in total.